The molecule has 2 rings (SSSR count). The van der Waals surface area contributed by atoms with Crippen molar-refractivity contribution in [2.45, 2.75) is 39.2 Å². The summed E-state index contributed by atoms with van der Waals surface area (Å²) in [6.45, 7) is 5.40. The predicted molar refractivity (Wildman–Crippen MR) is 77.4 cm³/mol. The second kappa shape index (κ2) is 6.31. The molecule has 1 fully saturated rings. The summed E-state index contributed by atoms with van der Waals surface area (Å²) >= 11 is 0. The Labute approximate surface area is 128 Å². The third-order valence-corrected chi connectivity index (χ3v) is 2.97. The van der Waals surface area contributed by atoms with Crippen LogP contribution in [0.2, 0.25) is 0 Å². The SMILES string of the molecule is CC(C)(C)OC(=O)NCCON1C(=O)C2=CCCC=C2C1=O. The van der Waals surface area contributed by atoms with E-state index in [1.165, 1.54) is 0 Å². The Morgan fingerprint density at radius 2 is 1.73 bits per heavy atom. The Morgan fingerprint density at radius 1 is 1.18 bits per heavy atom. The molecular formula is C15H20N2O5. The largest absolute Gasteiger partial charge is 0.444 e. The van der Waals surface area contributed by atoms with E-state index in [1.54, 1.807) is 32.9 Å². The number of alkyl carbamates (subject to hydrolysis) is 1. The van der Waals surface area contributed by atoms with Gasteiger partial charge in [-0.2, -0.15) is 0 Å². The lowest BCUT2D eigenvalue weighted by atomic mass is 10.0. The molecule has 7 nitrogen and oxygen atoms in total. The van der Waals surface area contributed by atoms with E-state index >= 15 is 0 Å². The van der Waals surface area contributed by atoms with Gasteiger partial charge in [0, 0.05) is 6.54 Å². The van der Waals surface area contributed by atoms with Gasteiger partial charge in [0.2, 0.25) is 0 Å². The van der Waals surface area contributed by atoms with E-state index in [-0.39, 0.29) is 13.2 Å². The lowest BCUT2D eigenvalue weighted by Gasteiger charge is -2.20. The van der Waals surface area contributed by atoms with Crippen molar-refractivity contribution in [3.8, 4) is 0 Å². The first-order valence-corrected chi connectivity index (χ1v) is 7.19. The maximum atomic E-state index is 12.0. The molecule has 0 aromatic carbocycles. The lowest BCUT2D eigenvalue weighted by Crippen LogP contribution is -2.37. The second-order valence-electron chi connectivity index (χ2n) is 5.98. The zero-order valence-corrected chi connectivity index (χ0v) is 13.0. The van der Waals surface area contributed by atoms with Crippen LogP contribution in [-0.2, 0) is 19.2 Å². The number of carbonyl (C=O) groups is 3. The third-order valence-electron chi connectivity index (χ3n) is 2.97. The van der Waals surface area contributed by atoms with Crippen molar-refractivity contribution < 1.29 is 24.0 Å². The summed E-state index contributed by atoms with van der Waals surface area (Å²) in [4.78, 5) is 40.7. The van der Waals surface area contributed by atoms with Crippen molar-refractivity contribution in [1.29, 1.82) is 0 Å². The molecule has 120 valence electrons. The highest BCUT2D eigenvalue weighted by atomic mass is 16.7. The standard InChI is InChI=1S/C15H20N2O5/c1-15(2,3)22-14(20)16-8-9-21-17-12(18)10-6-4-5-7-11(10)13(17)19/h6-7H,4-5,8-9H2,1-3H3,(H,16,20). The Balaban J connectivity index is 1.79. The molecule has 0 radical (unpaired) electrons. The van der Waals surface area contributed by atoms with Gasteiger partial charge in [-0.15, -0.1) is 5.06 Å². The minimum absolute atomic E-state index is 0.00270. The van der Waals surface area contributed by atoms with E-state index in [1.807, 2.05) is 0 Å². The number of nitrogens with zero attached hydrogens (tertiary/aromatic N) is 1. The van der Waals surface area contributed by atoms with E-state index < -0.39 is 23.5 Å². The molecule has 0 spiro atoms. The number of rotatable bonds is 4. The van der Waals surface area contributed by atoms with Crippen LogP contribution in [0.3, 0.4) is 0 Å². The molecule has 0 aromatic heterocycles. The van der Waals surface area contributed by atoms with Crippen molar-refractivity contribution in [3.63, 3.8) is 0 Å². The maximum Gasteiger partial charge on any atom is 0.407 e. The number of allylic oxidation sites excluding steroid dienone is 2. The quantitative estimate of drug-likeness (QED) is 0.628. The summed E-state index contributed by atoms with van der Waals surface area (Å²) in [6.07, 6.45) is 4.40. The second-order valence-corrected chi connectivity index (χ2v) is 5.98. The molecule has 1 saturated heterocycles. The van der Waals surface area contributed by atoms with Crippen LogP contribution in [0.15, 0.2) is 23.3 Å². The zero-order chi connectivity index (χ0) is 16.3. The molecule has 0 unspecified atom stereocenters. The summed E-state index contributed by atoms with van der Waals surface area (Å²) in [5, 5.41) is 3.24. The molecule has 3 amide bonds. The van der Waals surface area contributed by atoms with E-state index in [9.17, 15) is 14.4 Å². The minimum atomic E-state index is -0.583. The average Bonchev–Trinajstić information content (AvgIpc) is 2.67. The van der Waals surface area contributed by atoms with Crippen LogP contribution in [0.4, 0.5) is 4.79 Å². The van der Waals surface area contributed by atoms with Crippen molar-refractivity contribution in [2.24, 2.45) is 0 Å². The number of amides is 3. The van der Waals surface area contributed by atoms with Crippen LogP contribution in [-0.4, -0.2) is 41.7 Å². The molecule has 1 aliphatic carbocycles. The van der Waals surface area contributed by atoms with E-state index in [2.05, 4.69) is 5.32 Å². The molecular weight excluding hydrogens is 288 g/mol. The molecule has 0 saturated carbocycles. The number of ether oxygens (including phenoxy) is 1. The highest BCUT2D eigenvalue weighted by Crippen LogP contribution is 2.29. The Hall–Kier alpha value is -2.15. The molecule has 2 aliphatic rings. The van der Waals surface area contributed by atoms with Gasteiger partial charge < -0.3 is 10.1 Å². The van der Waals surface area contributed by atoms with Gasteiger partial charge in [-0.05, 0) is 33.6 Å². The predicted octanol–water partition coefficient (Wildman–Crippen LogP) is 1.46. The smallest absolute Gasteiger partial charge is 0.407 e. The maximum absolute atomic E-state index is 12.0. The van der Waals surface area contributed by atoms with Gasteiger partial charge in [-0.3, -0.25) is 14.4 Å². The van der Waals surface area contributed by atoms with Crippen LogP contribution in [0.5, 0.6) is 0 Å². The van der Waals surface area contributed by atoms with E-state index in [0.29, 0.717) is 11.1 Å². The molecule has 0 bridgehead atoms. The number of imide groups is 1. The first-order chi connectivity index (χ1) is 10.3. The summed E-state index contributed by atoms with van der Waals surface area (Å²) in [5.41, 5.74) is 0.216. The fraction of sp³-hybridized carbons (Fsp3) is 0.533. The molecule has 1 heterocycles. The zero-order valence-electron chi connectivity index (χ0n) is 13.0. The molecule has 1 aliphatic heterocycles. The molecule has 0 atom stereocenters. The van der Waals surface area contributed by atoms with E-state index in [4.69, 9.17) is 9.57 Å². The van der Waals surface area contributed by atoms with Gasteiger partial charge in [0.05, 0.1) is 17.8 Å². The lowest BCUT2D eigenvalue weighted by molar-refractivity contribution is -0.184. The van der Waals surface area contributed by atoms with Crippen molar-refractivity contribution in [1.82, 2.24) is 10.4 Å². The van der Waals surface area contributed by atoms with Gasteiger partial charge in [0.25, 0.3) is 11.8 Å². The van der Waals surface area contributed by atoms with Crippen LogP contribution in [0.25, 0.3) is 0 Å². The third kappa shape index (κ3) is 3.73. The van der Waals surface area contributed by atoms with Crippen molar-refractivity contribution in [2.75, 3.05) is 13.2 Å². The van der Waals surface area contributed by atoms with Gasteiger partial charge >= 0.3 is 6.09 Å². The summed E-state index contributed by atoms with van der Waals surface area (Å²) in [7, 11) is 0. The summed E-state index contributed by atoms with van der Waals surface area (Å²) < 4.78 is 5.06. The van der Waals surface area contributed by atoms with Gasteiger partial charge in [-0.25, -0.2) is 4.79 Å². The molecule has 0 aromatic rings. The highest BCUT2D eigenvalue weighted by molar-refractivity contribution is 6.23. The first-order valence-electron chi connectivity index (χ1n) is 7.19. The fourth-order valence-electron chi connectivity index (χ4n) is 2.11. The number of hydroxylamine groups is 2. The highest BCUT2D eigenvalue weighted by Gasteiger charge is 2.40. The topological polar surface area (TPSA) is 84.9 Å². The first kappa shape index (κ1) is 16.2. The Bertz CT molecular complexity index is 525. The van der Waals surface area contributed by atoms with E-state index in [0.717, 1.165) is 17.9 Å². The summed E-state index contributed by atoms with van der Waals surface area (Å²) in [6, 6.07) is 0. The Kier molecular flexibility index (Phi) is 4.65. The average molecular weight is 308 g/mol. The molecule has 7 heteroatoms. The van der Waals surface area contributed by atoms with Crippen LogP contribution in [0, 0.1) is 0 Å². The van der Waals surface area contributed by atoms with Crippen LogP contribution < -0.4 is 5.32 Å². The minimum Gasteiger partial charge on any atom is -0.444 e. The van der Waals surface area contributed by atoms with Gasteiger partial charge in [0.15, 0.2) is 0 Å². The number of fused-ring (bicyclic) bond motifs is 1. The van der Waals surface area contributed by atoms with Crippen LogP contribution >= 0.6 is 0 Å². The number of nitrogens with one attached hydrogen (secondary N) is 1. The van der Waals surface area contributed by atoms with Crippen molar-refractivity contribution >= 4 is 17.9 Å². The summed E-state index contributed by atoms with van der Waals surface area (Å²) in [5.74, 6) is -0.901. The molecule has 1 N–H and O–H groups in total. The van der Waals surface area contributed by atoms with Crippen LogP contribution in [0.1, 0.15) is 33.6 Å². The number of carbonyl (C=O) groups excluding carboxylic acids is 3. The van der Waals surface area contributed by atoms with Crippen molar-refractivity contribution in [3.05, 3.63) is 23.3 Å². The monoisotopic (exact) mass is 308 g/mol. The number of hydrogen-bond acceptors (Lipinski definition) is 5. The van der Waals surface area contributed by atoms with Gasteiger partial charge in [0.1, 0.15) is 5.60 Å². The number of hydrogen-bond donors (Lipinski definition) is 1. The van der Waals surface area contributed by atoms with Gasteiger partial charge in [-0.1, -0.05) is 12.2 Å². The molecule has 22 heavy (non-hydrogen) atoms. The normalized spacial score (nSPS) is 17.9. The Morgan fingerprint density at radius 3 is 2.23 bits per heavy atom. The fourth-order valence-corrected chi connectivity index (χ4v) is 2.11.